The zero-order valence-electron chi connectivity index (χ0n) is 18.7. The zero-order chi connectivity index (χ0) is 25.0. The van der Waals surface area contributed by atoms with Crippen LogP contribution in [-0.2, 0) is 21.4 Å². The van der Waals surface area contributed by atoms with Gasteiger partial charge in [-0.05, 0) is 48.0 Å². The van der Waals surface area contributed by atoms with Crippen LogP contribution in [0.2, 0.25) is 10.0 Å². The molecule has 4 rings (SSSR count). The van der Waals surface area contributed by atoms with Crippen molar-refractivity contribution in [3.05, 3.63) is 99.5 Å². The van der Waals surface area contributed by atoms with Crippen LogP contribution < -0.4 is 0 Å². The minimum absolute atomic E-state index is 0.135. The van der Waals surface area contributed by atoms with E-state index in [1.807, 2.05) is 12.1 Å². The number of nitrogens with zero attached hydrogens (tertiary/aromatic N) is 2. The van der Waals surface area contributed by atoms with Gasteiger partial charge in [0.05, 0.1) is 17.6 Å². The molecule has 3 aromatic rings. The molecule has 0 aliphatic carbocycles. The lowest BCUT2D eigenvalue weighted by molar-refractivity contribution is 0.00547. The summed E-state index contributed by atoms with van der Waals surface area (Å²) in [7, 11) is -3.66. The van der Waals surface area contributed by atoms with Crippen LogP contribution in [0, 0.1) is 11.6 Å². The van der Waals surface area contributed by atoms with Crippen molar-refractivity contribution < 1.29 is 21.9 Å². The monoisotopic (exact) mass is 540 g/mol. The third kappa shape index (κ3) is 6.39. The van der Waals surface area contributed by atoms with E-state index in [1.165, 1.54) is 34.6 Å². The standard InChI is InChI=1S/C25H24Cl2F2N2O3S/c26-19-9-7-18(8-10-19)25(34-17-22-23(28)5-2-6-24(22)29)16-30-11-13-31(14-12-30)35(32,33)21-4-1-3-20(27)15-21/h1-10,15,25H,11-14,16-17H2/t25-/m1/s1. The first kappa shape index (κ1) is 26.0. The Morgan fingerprint density at radius 2 is 1.49 bits per heavy atom. The molecule has 0 spiro atoms. The predicted molar refractivity (Wildman–Crippen MR) is 132 cm³/mol. The second-order valence-corrected chi connectivity index (χ2v) is 11.0. The van der Waals surface area contributed by atoms with E-state index in [2.05, 4.69) is 4.90 Å². The largest absolute Gasteiger partial charge is 0.367 e. The number of piperazine rings is 1. The predicted octanol–water partition coefficient (Wildman–Crippen LogP) is 5.54. The van der Waals surface area contributed by atoms with E-state index in [4.69, 9.17) is 27.9 Å². The SMILES string of the molecule is O=S(=O)(c1cccc(Cl)c1)N1CCN(C[C@@H](OCc2c(F)cccc2F)c2ccc(Cl)cc2)CC1. The van der Waals surface area contributed by atoms with Crippen molar-refractivity contribution in [1.29, 1.82) is 0 Å². The van der Waals surface area contributed by atoms with Gasteiger partial charge in [-0.15, -0.1) is 0 Å². The molecule has 1 heterocycles. The van der Waals surface area contributed by atoms with Crippen LogP contribution >= 0.6 is 23.2 Å². The van der Waals surface area contributed by atoms with Crippen LogP contribution in [0.1, 0.15) is 17.2 Å². The van der Waals surface area contributed by atoms with E-state index in [1.54, 1.807) is 24.3 Å². The molecule has 1 saturated heterocycles. The fourth-order valence-corrected chi connectivity index (χ4v) is 5.80. The topological polar surface area (TPSA) is 49.9 Å². The highest BCUT2D eigenvalue weighted by Gasteiger charge is 2.30. The number of benzene rings is 3. The van der Waals surface area contributed by atoms with Crippen LogP contribution in [0.4, 0.5) is 8.78 Å². The quantitative estimate of drug-likeness (QED) is 0.376. The van der Waals surface area contributed by atoms with Crippen molar-refractivity contribution in [3.63, 3.8) is 0 Å². The number of ether oxygens (including phenoxy) is 1. The Kier molecular flexibility index (Phi) is 8.42. The van der Waals surface area contributed by atoms with E-state index in [-0.39, 0.29) is 17.1 Å². The van der Waals surface area contributed by atoms with Crippen molar-refractivity contribution in [2.75, 3.05) is 32.7 Å². The summed E-state index contributed by atoms with van der Waals surface area (Å²) < 4.78 is 61.6. The van der Waals surface area contributed by atoms with Crippen molar-refractivity contribution in [2.24, 2.45) is 0 Å². The Hall–Kier alpha value is -2.07. The number of hydrogen-bond donors (Lipinski definition) is 0. The molecule has 1 aliphatic heterocycles. The van der Waals surface area contributed by atoms with E-state index < -0.39 is 27.8 Å². The molecule has 0 radical (unpaired) electrons. The number of rotatable bonds is 8. The number of sulfonamides is 1. The van der Waals surface area contributed by atoms with Gasteiger partial charge in [-0.25, -0.2) is 17.2 Å². The van der Waals surface area contributed by atoms with Crippen molar-refractivity contribution in [2.45, 2.75) is 17.6 Å². The van der Waals surface area contributed by atoms with E-state index in [9.17, 15) is 17.2 Å². The molecule has 1 fully saturated rings. The number of hydrogen-bond acceptors (Lipinski definition) is 4. The lowest BCUT2D eigenvalue weighted by Crippen LogP contribution is -2.49. The normalized spacial score (nSPS) is 16.3. The fourth-order valence-electron chi connectivity index (χ4n) is 3.95. The molecule has 1 aliphatic rings. The summed E-state index contributed by atoms with van der Waals surface area (Å²) in [6.07, 6.45) is -0.498. The first-order valence-corrected chi connectivity index (χ1v) is 13.2. The highest BCUT2D eigenvalue weighted by atomic mass is 35.5. The van der Waals surface area contributed by atoms with E-state index in [0.29, 0.717) is 42.8 Å². The van der Waals surface area contributed by atoms with Crippen LogP contribution in [0.5, 0.6) is 0 Å². The van der Waals surface area contributed by atoms with Gasteiger partial charge in [-0.1, -0.05) is 47.5 Å². The molecule has 0 aromatic heterocycles. The molecule has 5 nitrogen and oxygen atoms in total. The van der Waals surface area contributed by atoms with Gasteiger partial charge in [0.25, 0.3) is 0 Å². The van der Waals surface area contributed by atoms with Gasteiger partial charge in [0.2, 0.25) is 10.0 Å². The van der Waals surface area contributed by atoms with Crippen molar-refractivity contribution >= 4 is 33.2 Å². The summed E-state index contributed by atoms with van der Waals surface area (Å²) in [5, 5.41) is 0.923. The maximum Gasteiger partial charge on any atom is 0.243 e. The van der Waals surface area contributed by atoms with Gasteiger partial charge in [-0.3, -0.25) is 4.90 Å². The second-order valence-electron chi connectivity index (χ2n) is 8.21. The lowest BCUT2D eigenvalue weighted by Gasteiger charge is -2.36. The highest BCUT2D eigenvalue weighted by molar-refractivity contribution is 7.89. The Bertz CT molecular complexity index is 1250. The van der Waals surface area contributed by atoms with E-state index >= 15 is 0 Å². The maximum absolute atomic E-state index is 14.1. The summed E-state index contributed by atoms with van der Waals surface area (Å²) in [6, 6.07) is 17.0. The third-order valence-corrected chi connectivity index (χ3v) is 8.30. The Balaban J connectivity index is 1.44. The van der Waals surface area contributed by atoms with Gasteiger partial charge < -0.3 is 4.74 Å². The molecule has 0 saturated carbocycles. The smallest absolute Gasteiger partial charge is 0.243 e. The van der Waals surface area contributed by atoms with Gasteiger partial charge in [0, 0.05) is 48.3 Å². The first-order chi connectivity index (χ1) is 16.7. The Morgan fingerprint density at radius 3 is 2.11 bits per heavy atom. The number of halogens is 4. The van der Waals surface area contributed by atoms with Crippen LogP contribution in [-0.4, -0.2) is 50.3 Å². The summed E-state index contributed by atoms with van der Waals surface area (Å²) >= 11 is 12.0. The summed E-state index contributed by atoms with van der Waals surface area (Å²) in [5.41, 5.74) is 0.670. The van der Waals surface area contributed by atoms with Gasteiger partial charge in [0.15, 0.2) is 0 Å². The molecule has 35 heavy (non-hydrogen) atoms. The Labute approximate surface area is 213 Å². The zero-order valence-corrected chi connectivity index (χ0v) is 21.0. The molecular weight excluding hydrogens is 517 g/mol. The fraction of sp³-hybridized carbons (Fsp3) is 0.280. The van der Waals surface area contributed by atoms with Crippen LogP contribution in [0.15, 0.2) is 71.6 Å². The van der Waals surface area contributed by atoms with Crippen LogP contribution in [0.25, 0.3) is 0 Å². The van der Waals surface area contributed by atoms with E-state index in [0.717, 1.165) is 5.56 Å². The average molecular weight is 541 g/mol. The molecular formula is C25H24Cl2F2N2O3S. The maximum atomic E-state index is 14.1. The van der Waals surface area contributed by atoms with Gasteiger partial charge in [0.1, 0.15) is 11.6 Å². The molecule has 3 aromatic carbocycles. The summed E-state index contributed by atoms with van der Waals surface area (Å²) in [5.74, 6) is -1.33. The average Bonchev–Trinajstić information content (AvgIpc) is 2.84. The molecule has 10 heteroatoms. The van der Waals surface area contributed by atoms with Crippen molar-refractivity contribution in [3.8, 4) is 0 Å². The molecule has 1 atom stereocenters. The van der Waals surface area contributed by atoms with Gasteiger partial charge in [-0.2, -0.15) is 4.31 Å². The molecule has 0 amide bonds. The van der Waals surface area contributed by atoms with Crippen LogP contribution in [0.3, 0.4) is 0 Å². The third-order valence-electron chi connectivity index (χ3n) is 5.92. The Morgan fingerprint density at radius 1 is 0.857 bits per heavy atom. The second kappa shape index (κ2) is 11.3. The first-order valence-electron chi connectivity index (χ1n) is 11.0. The molecule has 0 N–H and O–H groups in total. The molecule has 0 unspecified atom stereocenters. The summed E-state index contributed by atoms with van der Waals surface area (Å²) in [6.45, 7) is 1.72. The summed E-state index contributed by atoms with van der Waals surface area (Å²) in [4.78, 5) is 2.23. The minimum Gasteiger partial charge on any atom is -0.367 e. The highest BCUT2D eigenvalue weighted by Crippen LogP contribution is 2.26. The van der Waals surface area contributed by atoms with Crippen molar-refractivity contribution in [1.82, 2.24) is 9.21 Å². The molecule has 186 valence electrons. The lowest BCUT2D eigenvalue weighted by atomic mass is 10.1. The molecule has 0 bridgehead atoms. The minimum atomic E-state index is -3.66. The van der Waals surface area contributed by atoms with Gasteiger partial charge >= 0.3 is 0 Å².